The molecular weight excluding hydrogens is 186 g/mol. The molecule has 2 nitrogen and oxygen atoms in total. The molecular formula is C13H17NO. The number of rotatable bonds is 3. The Labute approximate surface area is 90.7 Å². The third-order valence-electron chi connectivity index (χ3n) is 3.06. The summed E-state index contributed by atoms with van der Waals surface area (Å²) in [5, 5.41) is 2.86. The molecule has 15 heavy (non-hydrogen) atoms. The van der Waals surface area contributed by atoms with Gasteiger partial charge in [0.15, 0.2) is 0 Å². The average molecular weight is 203 g/mol. The number of nitrogens with one attached hydrogen (secondary N) is 1. The van der Waals surface area contributed by atoms with Crippen LogP contribution < -0.4 is 5.32 Å². The topological polar surface area (TPSA) is 29.1 Å². The van der Waals surface area contributed by atoms with Crippen LogP contribution in [0.25, 0.3) is 0 Å². The zero-order valence-corrected chi connectivity index (χ0v) is 9.12. The van der Waals surface area contributed by atoms with Gasteiger partial charge in [0, 0.05) is 13.5 Å². The summed E-state index contributed by atoms with van der Waals surface area (Å²) < 4.78 is 0. The SMILES string of the molecule is CC(=O)NCCC1Cc2ccccc2C1. The van der Waals surface area contributed by atoms with Crippen LogP contribution in [0.3, 0.4) is 0 Å². The Balaban J connectivity index is 1.83. The van der Waals surface area contributed by atoms with Crippen molar-refractivity contribution >= 4 is 5.91 Å². The predicted molar refractivity (Wildman–Crippen MR) is 60.6 cm³/mol. The molecule has 1 aromatic rings. The van der Waals surface area contributed by atoms with E-state index in [0.717, 1.165) is 13.0 Å². The molecule has 80 valence electrons. The Morgan fingerprint density at radius 2 is 1.93 bits per heavy atom. The molecule has 2 rings (SSSR count). The van der Waals surface area contributed by atoms with Crippen LogP contribution >= 0.6 is 0 Å². The fraction of sp³-hybridized carbons (Fsp3) is 0.462. The number of fused-ring (bicyclic) bond motifs is 1. The molecule has 0 fully saturated rings. The number of hydrogen-bond acceptors (Lipinski definition) is 1. The van der Waals surface area contributed by atoms with Crippen LogP contribution in [0.2, 0.25) is 0 Å². The van der Waals surface area contributed by atoms with Crippen molar-refractivity contribution in [2.45, 2.75) is 26.2 Å². The first-order valence-corrected chi connectivity index (χ1v) is 5.57. The van der Waals surface area contributed by atoms with Gasteiger partial charge in [-0.2, -0.15) is 0 Å². The molecule has 0 spiro atoms. The van der Waals surface area contributed by atoms with E-state index < -0.39 is 0 Å². The van der Waals surface area contributed by atoms with Crippen molar-refractivity contribution in [2.75, 3.05) is 6.54 Å². The average Bonchev–Trinajstić information content (AvgIpc) is 2.59. The second kappa shape index (κ2) is 4.47. The van der Waals surface area contributed by atoms with E-state index in [9.17, 15) is 4.79 Å². The molecule has 0 saturated carbocycles. The fourth-order valence-electron chi connectivity index (χ4n) is 2.31. The van der Waals surface area contributed by atoms with Gasteiger partial charge >= 0.3 is 0 Å². The third kappa shape index (κ3) is 2.58. The molecule has 0 atom stereocenters. The summed E-state index contributed by atoms with van der Waals surface area (Å²) in [7, 11) is 0. The van der Waals surface area contributed by atoms with E-state index in [0.29, 0.717) is 5.92 Å². The second-order valence-electron chi connectivity index (χ2n) is 4.31. The molecule has 0 unspecified atom stereocenters. The molecule has 0 aromatic heterocycles. The standard InChI is InChI=1S/C13H17NO/c1-10(15)14-7-6-11-8-12-4-2-3-5-13(12)9-11/h2-5,11H,6-9H2,1H3,(H,14,15). The van der Waals surface area contributed by atoms with Gasteiger partial charge in [-0.25, -0.2) is 0 Å². The lowest BCUT2D eigenvalue weighted by Gasteiger charge is -2.08. The lowest BCUT2D eigenvalue weighted by Crippen LogP contribution is -2.23. The number of hydrogen-bond donors (Lipinski definition) is 1. The van der Waals surface area contributed by atoms with Gasteiger partial charge in [-0.05, 0) is 36.3 Å². The molecule has 0 saturated heterocycles. The monoisotopic (exact) mass is 203 g/mol. The fourth-order valence-corrected chi connectivity index (χ4v) is 2.31. The van der Waals surface area contributed by atoms with Gasteiger partial charge in [0.05, 0.1) is 0 Å². The normalized spacial score (nSPS) is 15.0. The molecule has 0 aliphatic heterocycles. The zero-order chi connectivity index (χ0) is 10.7. The first kappa shape index (κ1) is 10.2. The minimum atomic E-state index is 0.0745. The van der Waals surface area contributed by atoms with E-state index in [1.807, 2.05) is 0 Å². The first-order chi connectivity index (χ1) is 7.25. The molecule has 1 aliphatic rings. The number of carbonyl (C=O) groups excluding carboxylic acids is 1. The third-order valence-corrected chi connectivity index (χ3v) is 3.06. The van der Waals surface area contributed by atoms with Gasteiger partial charge in [0.25, 0.3) is 0 Å². The van der Waals surface area contributed by atoms with Crippen molar-refractivity contribution in [3.8, 4) is 0 Å². The molecule has 0 heterocycles. The van der Waals surface area contributed by atoms with Crippen molar-refractivity contribution in [1.82, 2.24) is 5.32 Å². The maximum atomic E-state index is 10.7. The van der Waals surface area contributed by atoms with Gasteiger partial charge < -0.3 is 5.32 Å². The van der Waals surface area contributed by atoms with E-state index in [4.69, 9.17) is 0 Å². The summed E-state index contributed by atoms with van der Waals surface area (Å²) in [6.45, 7) is 2.39. The van der Waals surface area contributed by atoms with Crippen LogP contribution in [-0.4, -0.2) is 12.5 Å². The van der Waals surface area contributed by atoms with Gasteiger partial charge in [0.2, 0.25) is 5.91 Å². The Hall–Kier alpha value is -1.31. The van der Waals surface area contributed by atoms with E-state index in [1.165, 1.54) is 24.0 Å². The smallest absolute Gasteiger partial charge is 0.216 e. The lowest BCUT2D eigenvalue weighted by molar-refractivity contribution is -0.118. The summed E-state index contributed by atoms with van der Waals surface area (Å²) in [5.74, 6) is 0.791. The first-order valence-electron chi connectivity index (χ1n) is 5.57. The maximum Gasteiger partial charge on any atom is 0.216 e. The van der Waals surface area contributed by atoms with Gasteiger partial charge in [0.1, 0.15) is 0 Å². The van der Waals surface area contributed by atoms with Gasteiger partial charge in [-0.15, -0.1) is 0 Å². The van der Waals surface area contributed by atoms with Crippen LogP contribution in [0.5, 0.6) is 0 Å². The number of carbonyl (C=O) groups is 1. The minimum Gasteiger partial charge on any atom is -0.356 e. The summed E-state index contributed by atoms with van der Waals surface area (Å²) in [6, 6.07) is 8.64. The lowest BCUT2D eigenvalue weighted by atomic mass is 10.0. The summed E-state index contributed by atoms with van der Waals surface area (Å²) in [5.41, 5.74) is 2.98. The van der Waals surface area contributed by atoms with Crippen LogP contribution in [-0.2, 0) is 17.6 Å². The molecule has 1 aliphatic carbocycles. The quantitative estimate of drug-likeness (QED) is 0.799. The number of amides is 1. The Morgan fingerprint density at radius 3 is 2.47 bits per heavy atom. The van der Waals surface area contributed by atoms with Gasteiger partial charge in [-0.3, -0.25) is 4.79 Å². The Kier molecular flexibility index (Phi) is 3.05. The van der Waals surface area contributed by atoms with E-state index >= 15 is 0 Å². The van der Waals surface area contributed by atoms with Crippen molar-refractivity contribution in [2.24, 2.45) is 5.92 Å². The van der Waals surface area contributed by atoms with Crippen molar-refractivity contribution < 1.29 is 4.79 Å². The summed E-state index contributed by atoms with van der Waals surface area (Å²) >= 11 is 0. The highest BCUT2D eigenvalue weighted by Crippen LogP contribution is 2.27. The Morgan fingerprint density at radius 1 is 1.33 bits per heavy atom. The molecule has 1 N–H and O–H groups in total. The largest absolute Gasteiger partial charge is 0.356 e. The van der Waals surface area contributed by atoms with Crippen molar-refractivity contribution in [3.05, 3.63) is 35.4 Å². The number of benzene rings is 1. The van der Waals surface area contributed by atoms with E-state index in [-0.39, 0.29) is 5.91 Å². The Bertz CT molecular complexity index is 334. The van der Waals surface area contributed by atoms with Crippen LogP contribution in [0, 0.1) is 5.92 Å². The zero-order valence-electron chi connectivity index (χ0n) is 9.12. The van der Waals surface area contributed by atoms with E-state index in [2.05, 4.69) is 29.6 Å². The van der Waals surface area contributed by atoms with Crippen LogP contribution in [0.1, 0.15) is 24.5 Å². The van der Waals surface area contributed by atoms with Crippen molar-refractivity contribution in [1.29, 1.82) is 0 Å². The minimum absolute atomic E-state index is 0.0745. The highest BCUT2D eigenvalue weighted by Gasteiger charge is 2.20. The highest BCUT2D eigenvalue weighted by molar-refractivity contribution is 5.72. The predicted octanol–water partition coefficient (Wildman–Crippen LogP) is 1.93. The van der Waals surface area contributed by atoms with Crippen molar-refractivity contribution in [3.63, 3.8) is 0 Å². The summed E-state index contributed by atoms with van der Waals surface area (Å²) in [4.78, 5) is 10.7. The van der Waals surface area contributed by atoms with E-state index in [1.54, 1.807) is 6.92 Å². The molecule has 0 radical (unpaired) electrons. The second-order valence-corrected chi connectivity index (χ2v) is 4.31. The van der Waals surface area contributed by atoms with Crippen LogP contribution in [0.15, 0.2) is 24.3 Å². The molecule has 1 aromatic carbocycles. The molecule has 0 bridgehead atoms. The maximum absolute atomic E-state index is 10.7. The molecule has 2 heteroatoms. The highest BCUT2D eigenvalue weighted by atomic mass is 16.1. The van der Waals surface area contributed by atoms with Crippen LogP contribution in [0.4, 0.5) is 0 Å². The molecule has 1 amide bonds. The van der Waals surface area contributed by atoms with Gasteiger partial charge in [-0.1, -0.05) is 24.3 Å². The summed E-state index contributed by atoms with van der Waals surface area (Å²) in [6.07, 6.45) is 3.44.